The molecule has 1 aliphatic rings. The van der Waals surface area contributed by atoms with Gasteiger partial charge in [0.05, 0.1) is 18.4 Å². The van der Waals surface area contributed by atoms with E-state index in [2.05, 4.69) is 11.1 Å². The van der Waals surface area contributed by atoms with Gasteiger partial charge in [0.15, 0.2) is 5.69 Å². The molecule has 1 aromatic heterocycles. The van der Waals surface area contributed by atoms with E-state index in [9.17, 15) is 10.1 Å². The van der Waals surface area contributed by atoms with Crippen LogP contribution in [-0.2, 0) is 4.74 Å². The van der Waals surface area contributed by atoms with Crippen LogP contribution in [0, 0.1) is 25.2 Å². The molecule has 0 N–H and O–H groups in total. The van der Waals surface area contributed by atoms with Crippen LogP contribution in [-0.4, -0.2) is 18.1 Å². The van der Waals surface area contributed by atoms with Crippen molar-refractivity contribution >= 4 is 5.97 Å². The molecule has 1 heterocycles. The molecular formula is C13H14N2O2. The molecule has 0 aliphatic heterocycles. The molecule has 1 fully saturated rings. The number of carbonyl (C=O) groups excluding carboxylic acids is 1. The fourth-order valence-corrected chi connectivity index (χ4v) is 1.91. The summed E-state index contributed by atoms with van der Waals surface area (Å²) in [7, 11) is 1.34. The number of ether oxygens (including phenoxy) is 1. The average Bonchev–Trinajstić information content (AvgIpc) is 3.15. The molecule has 1 aromatic rings. The highest BCUT2D eigenvalue weighted by molar-refractivity contribution is 5.89. The third kappa shape index (κ3) is 1.89. The molecule has 4 nitrogen and oxygen atoms in total. The van der Waals surface area contributed by atoms with E-state index >= 15 is 0 Å². The number of aromatic nitrogens is 1. The third-order valence-electron chi connectivity index (χ3n) is 3.24. The van der Waals surface area contributed by atoms with Crippen LogP contribution < -0.4 is 0 Å². The van der Waals surface area contributed by atoms with Gasteiger partial charge < -0.3 is 4.74 Å². The van der Waals surface area contributed by atoms with Crippen LogP contribution in [0.5, 0.6) is 0 Å². The van der Waals surface area contributed by atoms with Gasteiger partial charge in [0, 0.05) is 5.92 Å². The number of nitrogens with zero attached hydrogens (tertiary/aromatic N) is 2. The molecule has 0 amide bonds. The fourth-order valence-electron chi connectivity index (χ4n) is 1.91. The Bertz CT molecular complexity index is 525. The lowest BCUT2D eigenvalue weighted by Gasteiger charge is -2.11. The van der Waals surface area contributed by atoms with Crippen molar-refractivity contribution in [2.24, 2.45) is 0 Å². The van der Waals surface area contributed by atoms with Gasteiger partial charge in [-0.25, -0.2) is 9.78 Å². The van der Waals surface area contributed by atoms with Gasteiger partial charge in [-0.05, 0) is 37.8 Å². The number of carbonyl (C=O) groups is 1. The fraction of sp³-hybridized carbons (Fsp3) is 0.462. The number of pyridine rings is 1. The molecular weight excluding hydrogens is 216 g/mol. The standard InChI is InChI=1S/C13H14N2O2/c1-7-8(2)11(13(16)17-3)15-12(9-4-5-9)10(7)6-14/h9H,4-5H2,1-3H3. The first-order chi connectivity index (χ1) is 8.10. The molecule has 0 saturated heterocycles. The van der Waals surface area contributed by atoms with Crippen LogP contribution in [0.3, 0.4) is 0 Å². The summed E-state index contributed by atoms with van der Waals surface area (Å²) in [5.74, 6) is -0.0932. The summed E-state index contributed by atoms with van der Waals surface area (Å²) < 4.78 is 4.72. The lowest BCUT2D eigenvalue weighted by Crippen LogP contribution is -2.12. The molecule has 2 rings (SSSR count). The topological polar surface area (TPSA) is 63.0 Å². The van der Waals surface area contributed by atoms with Gasteiger partial charge in [-0.1, -0.05) is 0 Å². The van der Waals surface area contributed by atoms with Gasteiger partial charge in [0.2, 0.25) is 0 Å². The van der Waals surface area contributed by atoms with Crippen LogP contribution in [0.1, 0.15) is 51.6 Å². The largest absolute Gasteiger partial charge is 0.464 e. The Morgan fingerprint density at radius 2 is 2.06 bits per heavy atom. The Labute approximate surface area is 100 Å². The van der Waals surface area contributed by atoms with E-state index in [1.807, 2.05) is 6.92 Å². The van der Waals surface area contributed by atoms with Crippen molar-refractivity contribution in [3.63, 3.8) is 0 Å². The summed E-state index contributed by atoms with van der Waals surface area (Å²) in [4.78, 5) is 16.0. The van der Waals surface area contributed by atoms with Crippen LogP contribution >= 0.6 is 0 Å². The predicted octanol–water partition coefficient (Wildman–Crippen LogP) is 2.23. The second-order valence-electron chi connectivity index (χ2n) is 4.35. The van der Waals surface area contributed by atoms with Gasteiger partial charge in [-0.3, -0.25) is 0 Å². The molecule has 1 saturated carbocycles. The van der Waals surface area contributed by atoms with Gasteiger partial charge in [-0.2, -0.15) is 5.26 Å². The zero-order valence-electron chi connectivity index (χ0n) is 10.2. The first kappa shape index (κ1) is 11.6. The average molecular weight is 230 g/mol. The van der Waals surface area contributed by atoms with Crippen LogP contribution in [0.2, 0.25) is 0 Å². The molecule has 0 radical (unpaired) electrons. The normalized spacial score (nSPS) is 14.2. The van der Waals surface area contributed by atoms with E-state index < -0.39 is 5.97 Å². The first-order valence-corrected chi connectivity index (χ1v) is 5.59. The maximum absolute atomic E-state index is 11.6. The van der Waals surface area contributed by atoms with Gasteiger partial charge in [-0.15, -0.1) is 0 Å². The molecule has 1 aliphatic carbocycles. The highest BCUT2D eigenvalue weighted by Crippen LogP contribution is 2.41. The lowest BCUT2D eigenvalue weighted by atomic mass is 9.99. The SMILES string of the molecule is COC(=O)c1nc(C2CC2)c(C#N)c(C)c1C. The van der Waals surface area contributed by atoms with E-state index in [-0.39, 0.29) is 0 Å². The maximum atomic E-state index is 11.6. The Morgan fingerprint density at radius 1 is 1.41 bits per heavy atom. The molecule has 0 aromatic carbocycles. The number of methoxy groups -OCH3 is 1. The number of hydrogen-bond donors (Lipinski definition) is 0. The van der Waals surface area contributed by atoms with Crippen molar-refractivity contribution in [2.45, 2.75) is 32.6 Å². The van der Waals surface area contributed by atoms with Crippen LogP contribution in [0.25, 0.3) is 0 Å². The maximum Gasteiger partial charge on any atom is 0.356 e. The molecule has 0 spiro atoms. The number of nitriles is 1. The van der Waals surface area contributed by atoms with Crippen LogP contribution in [0.15, 0.2) is 0 Å². The highest BCUT2D eigenvalue weighted by Gasteiger charge is 2.31. The molecule has 0 unspecified atom stereocenters. The summed E-state index contributed by atoms with van der Waals surface area (Å²) in [5, 5.41) is 9.18. The smallest absolute Gasteiger partial charge is 0.356 e. The van der Waals surface area contributed by atoms with Crippen molar-refractivity contribution in [3.8, 4) is 6.07 Å². The molecule has 0 bridgehead atoms. The van der Waals surface area contributed by atoms with Crippen molar-refractivity contribution in [2.75, 3.05) is 7.11 Å². The number of esters is 1. The summed E-state index contributed by atoms with van der Waals surface area (Å²) in [5.41, 5.74) is 3.29. The third-order valence-corrected chi connectivity index (χ3v) is 3.24. The Morgan fingerprint density at radius 3 is 2.53 bits per heavy atom. The van der Waals surface area contributed by atoms with E-state index in [1.165, 1.54) is 7.11 Å². The minimum absolute atomic E-state index is 0.339. The van der Waals surface area contributed by atoms with E-state index in [4.69, 9.17) is 4.74 Å². The van der Waals surface area contributed by atoms with Crippen molar-refractivity contribution < 1.29 is 9.53 Å². The monoisotopic (exact) mass is 230 g/mol. The Kier molecular flexibility index (Phi) is 2.84. The minimum Gasteiger partial charge on any atom is -0.464 e. The first-order valence-electron chi connectivity index (χ1n) is 5.59. The second kappa shape index (κ2) is 4.17. The second-order valence-corrected chi connectivity index (χ2v) is 4.35. The summed E-state index contributed by atoms with van der Waals surface area (Å²) in [6.45, 7) is 3.65. The molecule has 17 heavy (non-hydrogen) atoms. The predicted molar refractivity (Wildman–Crippen MR) is 61.7 cm³/mol. The van der Waals surface area contributed by atoms with E-state index in [0.717, 1.165) is 29.7 Å². The van der Waals surface area contributed by atoms with Gasteiger partial charge in [0.25, 0.3) is 0 Å². The van der Waals surface area contributed by atoms with Crippen molar-refractivity contribution in [1.29, 1.82) is 5.26 Å². The van der Waals surface area contributed by atoms with Crippen molar-refractivity contribution in [3.05, 3.63) is 28.1 Å². The van der Waals surface area contributed by atoms with E-state index in [1.54, 1.807) is 6.92 Å². The summed E-state index contributed by atoms with van der Waals surface area (Å²) in [6, 6.07) is 2.20. The number of hydrogen-bond acceptors (Lipinski definition) is 4. The van der Waals surface area contributed by atoms with E-state index in [0.29, 0.717) is 17.2 Å². The quantitative estimate of drug-likeness (QED) is 0.731. The number of rotatable bonds is 2. The Hall–Kier alpha value is -1.89. The molecule has 0 atom stereocenters. The zero-order valence-corrected chi connectivity index (χ0v) is 10.2. The van der Waals surface area contributed by atoms with Crippen LogP contribution in [0.4, 0.5) is 0 Å². The highest BCUT2D eigenvalue weighted by atomic mass is 16.5. The summed E-state index contributed by atoms with van der Waals surface area (Å²) in [6.07, 6.45) is 2.09. The lowest BCUT2D eigenvalue weighted by molar-refractivity contribution is 0.0592. The van der Waals surface area contributed by atoms with Crippen molar-refractivity contribution in [1.82, 2.24) is 4.98 Å². The molecule has 88 valence electrons. The summed E-state index contributed by atoms with van der Waals surface area (Å²) >= 11 is 0. The van der Waals surface area contributed by atoms with Gasteiger partial charge >= 0.3 is 5.97 Å². The minimum atomic E-state index is -0.433. The zero-order chi connectivity index (χ0) is 12.6. The van der Waals surface area contributed by atoms with Gasteiger partial charge in [0.1, 0.15) is 6.07 Å². The Balaban J connectivity index is 2.64. The molecule has 4 heteroatoms.